The number of carboxylic acids is 1. The van der Waals surface area contributed by atoms with Gasteiger partial charge in [0.05, 0.1) is 5.92 Å². The Balaban J connectivity index is 2.14. The Hall–Kier alpha value is -1.35. The fourth-order valence-corrected chi connectivity index (χ4v) is 2.12. The van der Waals surface area contributed by atoms with Gasteiger partial charge in [0.1, 0.15) is 0 Å². The molecule has 1 unspecified atom stereocenters. The molecular formula is C13H17NO2. The number of carboxylic acid groups (broad SMARTS) is 1. The summed E-state index contributed by atoms with van der Waals surface area (Å²) < 4.78 is 0. The van der Waals surface area contributed by atoms with E-state index >= 15 is 0 Å². The van der Waals surface area contributed by atoms with Gasteiger partial charge >= 0.3 is 5.97 Å². The lowest BCUT2D eigenvalue weighted by atomic mass is 9.79. The monoisotopic (exact) mass is 219 g/mol. The van der Waals surface area contributed by atoms with Crippen molar-refractivity contribution in [2.45, 2.75) is 31.1 Å². The van der Waals surface area contributed by atoms with Crippen molar-refractivity contribution >= 4 is 5.97 Å². The van der Waals surface area contributed by atoms with Crippen LogP contribution in [0.1, 0.15) is 42.2 Å². The van der Waals surface area contributed by atoms with Crippen LogP contribution >= 0.6 is 0 Å². The summed E-state index contributed by atoms with van der Waals surface area (Å²) in [5.74, 6) is -0.732. The highest BCUT2D eigenvalue weighted by molar-refractivity contribution is 5.76. The maximum absolute atomic E-state index is 10.9. The maximum atomic E-state index is 10.9. The van der Waals surface area contributed by atoms with Gasteiger partial charge in [0, 0.05) is 6.54 Å². The van der Waals surface area contributed by atoms with Gasteiger partial charge in [-0.1, -0.05) is 30.7 Å². The predicted molar refractivity (Wildman–Crippen MR) is 62.5 cm³/mol. The Morgan fingerprint density at radius 1 is 1.38 bits per heavy atom. The minimum absolute atomic E-state index is 0.151. The molecular weight excluding hydrogens is 202 g/mol. The molecule has 3 heteroatoms. The van der Waals surface area contributed by atoms with E-state index < -0.39 is 11.9 Å². The van der Waals surface area contributed by atoms with Crippen molar-refractivity contribution in [2.75, 3.05) is 6.54 Å². The van der Waals surface area contributed by atoms with E-state index in [2.05, 4.69) is 0 Å². The number of aliphatic carboxylic acids is 1. The highest BCUT2D eigenvalue weighted by Gasteiger charge is 2.21. The van der Waals surface area contributed by atoms with Gasteiger partial charge in [0.15, 0.2) is 0 Å². The first-order valence-corrected chi connectivity index (χ1v) is 5.75. The van der Waals surface area contributed by atoms with E-state index in [1.807, 2.05) is 24.3 Å². The van der Waals surface area contributed by atoms with E-state index in [4.69, 9.17) is 10.8 Å². The molecule has 2 rings (SSSR count). The van der Waals surface area contributed by atoms with Crippen LogP contribution in [0.3, 0.4) is 0 Å². The van der Waals surface area contributed by atoms with Crippen molar-refractivity contribution in [1.29, 1.82) is 0 Å². The summed E-state index contributed by atoms with van der Waals surface area (Å²) in [5, 5.41) is 8.98. The summed E-state index contributed by atoms with van der Waals surface area (Å²) in [4.78, 5) is 10.9. The van der Waals surface area contributed by atoms with Gasteiger partial charge in [-0.25, -0.2) is 0 Å². The second-order valence-electron chi connectivity index (χ2n) is 4.42. The van der Waals surface area contributed by atoms with Crippen molar-refractivity contribution < 1.29 is 9.90 Å². The molecule has 1 saturated carbocycles. The van der Waals surface area contributed by atoms with Gasteiger partial charge in [0.2, 0.25) is 0 Å². The number of carbonyl (C=O) groups is 1. The van der Waals surface area contributed by atoms with Gasteiger partial charge in [-0.3, -0.25) is 4.79 Å². The Labute approximate surface area is 95.3 Å². The standard InChI is InChI=1S/C13H17NO2/c14-8-12(13(15)16)11-6-4-10(5-7-11)9-2-1-3-9/h4-7,9,12H,1-3,8,14H2,(H,15,16). The van der Waals surface area contributed by atoms with Gasteiger partial charge in [-0.15, -0.1) is 0 Å². The molecule has 1 atom stereocenters. The lowest BCUT2D eigenvalue weighted by molar-refractivity contribution is -0.138. The van der Waals surface area contributed by atoms with Crippen LogP contribution in [0, 0.1) is 0 Å². The van der Waals surface area contributed by atoms with Crippen LogP contribution in [0.2, 0.25) is 0 Å². The van der Waals surface area contributed by atoms with E-state index in [1.165, 1.54) is 24.8 Å². The van der Waals surface area contributed by atoms with Crippen LogP contribution in [0.15, 0.2) is 24.3 Å². The zero-order chi connectivity index (χ0) is 11.5. The molecule has 0 radical (unpaired) electrons. The van der Waals surface area contributed by atoms with Gasteiger partial charge < -0.3 is 10.8 Å². The van der Waals surface area contributed by atoms with Crippen LogP contribution in [-0.2, 0) is 4.79 Å². The number of benzene rings is 1. The molecule has 1 aliphatic rings. The third-order valence-corrected chi connectivity index (χ3v) is 3.45. The summed E-state index contributed by atoms with van der Waals surface area (Å²) in [7, 11) is 0. The molecule has 3 nitrogen and oxygen atoms in total. The maximum Gasteiger partial charge on any atom is 0.312 e. The van der Waals surface area contributed by atoms with Crippen LogP contribution < -0.4 is 5.73 Å². The minimum atomic E-state index is -0.848. The van der Waals surface area contributed by atoms with Gasteiger partial charge in [-0.05, 0) is 29.9 Å². The molecule has 0 bridgehead atoms. The van der Waals surface area contributed by atoms with Crippen molar-refractivity contribution in [3.63, 3.8) is 0 Å². The fourth-order valence-electron chi connectivity index (χ4n) is 2.12. The lowest BCUT2D eigenvalue weighted by Crippen LogP contribution is -2.21. The molecule has 1 aliphatic carbocycles. The SMILES string of the molecule is NCC(C(=O)O)c1ccc(C2CCC2)cc1. The summed E-state index contributed by atoms with van der Waals surface area (Å²) in [6.45, 7) is 0.151. The molecule has 1 fully saturated rings. The van der Waals surface area contributed by atoms with E-state index in [0.717, 1.165) is 5.56 Å². The van der Waals surface area contributed by atoms with Crippen LogP contribution in [-0.4, -0.2) is 17.6 Å². The minimum Gasteiger partial charge on any atom is -0.481 e. The number of hydrogen-bond acceptors (Lipinski definition) is 2. The number of rotatable bonds is 4. The fraction of sp³-hybridized carbons (Fsp3) is 0.462. The summed E-state index contributed by atoms with van der Waals surface area (Å²) >= 11 is 0. The normalized spacial score (nSPS) is 17.8. The van der Waals surface area contributed by atoms with E-state index in [9.17, 15) is 4.79 Å². The van der Waals surface area contributed by atoms with Crippen molar-refractivity contribution in [3.05, 3.63) is 35.4 Å². The van der Waals surface area contributed by atoms with Gasteiger partial charge in [-0.2, -0.15) is 0 Å². The van der Waals surface area contributed by atoms with E-state index in [-0.39, 0.29) is 6.54 Å². The Morgan fingerprint density at radius 3 is 2.38 bits per heavy atom. The molecule has 3 N–H and O–H groups in total. The second-order valence-corrected chi connectivity index (χ2v) is 4.42. The highest BCUT2D eigenvalue weighted by atomic mass is 16.4. The van der Waals surface area contributed by atoms with Crippen LogP contribution in [0.4, 0.5) is 0 Å². The van der Waals surface area contributed by atoms with Crippen LogP contribution in [0.5, 0.6) is 0 Å². The first-order chi connectivity index (χ1) is 7.72. The number of hydrogen-bond donors (Lipinski definition) is 2. The zero-order valence-corrected chi connectivity index (χ0v) is 9.23. The molecule has 0 aromatic heterocycles. The topological polar surface area (TPSA) is 63.3 Å². The summed E-state index contributed by atoms with van der Waals surface area (Å²) in [5.41, 5.74) is 7.59. The Bertz CT molecular complexity index is 368. The Kier molecular flexibility index (Phi) is 3.25. The average Bonchev–Trinajstić information content (AvgIpc) is 2.18. The van der Waals surface area contributed by atoms with Gasteiger partial charge in [0.25, 0.3) is 0 Å². The molecule has 0 heterocycles. The molecule has 1 aromatic rings. The highest BCUT2D eigenvalue weighted by Crippen LogP contribution is 2.36. The quantitative estimate of drug-likeness (QED) is 0.815. The third kappa shape index (κ3) is 2.09. The first kappa shape index (κ1) is 11.1. The lowest BCUT2D eigenvalue weighted by Gasteiger charge is -2.26. The second kappa shape index (κ2) is 4.66. The smallest absolute Gasteiger partial charge is 0.312 e. The average molecular weight is 219 g/mol. The summed E-state index contributed by atoms with van der Waals surface area (Å²) in [6.07, 6.45) is 3.84. The van der Waals surface area contributed by atoms with Crippen molar-refractivity contribution in [1.82, 2.24) is 0 Å². The van der Waals surface area contributed by atoms with Crippen LogP contribution in [0.25, 0.3) is 0 Å². The molecule has 0 amide bonds. The first-order valence-electron chi connectivity index (χ1n) is 5.75. The molecule has 0 spiro atoms. The number of nitrogens with two attached hydrogens (primary N) is 1. The van der Waals surface area contributed by atoms with Crippen molar-refractivity contribution in [3.8, 4) is 0 Å². The van der Waals surface area contributed by atoms with E-state index in [0.29, 0.717) is 5.92 Å². The predicted octanol–water partition coefficient (Wildman–Crippen LogP) is 2.08. The largest absolute Gasteiger partial charge is 0.481 e. The Morgan fingerprint density at radius 2 is 2.00 bits per heavy atom. The molecule has 1 aromatic carbocycles. The van der Waals surface area contributed by atoms with E-state index in [1.54, 1.807) is 0 Å². The molecule has 86 valence electrons. The molecule has 16 heavy (non-hydrogen) atoms. The summed E-state index contributed by atoms with van der Waals surface area (Å²) in [6, 6.07) is 7.90. The van der Waals surface area contributed by atoms with Crippen molar-refractivity contribution in [2.24, 2.45) is 5.73 Å². The molecule has 0 saturated heterocycles. The molecule has 0 aliphatic heterocycles. The zero-order valence-electron chi connectivity index (χ0n) is 9.23. The third-order valence-electron chi connectivity index (χ3n) is 3.45.